The number of carbonyl (C=O) groups is 2. The number of hydrogen-bond acceptors (Lipinski definition) is 4. The molecule has 2 N–H and O–H groups in total. The van der Waals surface area contributed by atoms with Gasteiger partial charge in [0.1, 0.15) is 6.04 Å². The standard InChI is InChI=1S/C8H14N2O5S/c1-5(8(12)13)16(14,15)9-6-3-4-10(2)7(6)11/h5-6,9H,3-4H2,1-2H3,(H,12,13). The Hall–Kier alpha value is -1.15. The molecule has 1 heterocycles. The summed E-state index contributed by atoms with van der Waals surface area (Å²) in [4.78, 5) is 23.4. The molecule has 16 heavy (non-hydrogen) atoms. The summed E-state index contributed by atoms with van der Waals surface area (Å²) < 4.78 is 25.2. The van der Waals surface area contributed by atoms with Crippen LogP contribution >= 0.6 is 0 Å². The number of carboxylic acids is 1. The van der Waals surface area contributed by atoms with Crippen molar-refractivity contribution < 1.29 is 23.1 Å². The SMILES string of the molecule is CC(C(=O)O)S(=O)(=O)NC1CCN(C)C1=O. The first kappa shape index (κ1) is 12.9. The van der Waals surface area contributed by atoms with E-state index in [4.69, 9.17) is 5.11 Å². The normalized spacial score (nSPS) is 23.5. The van der Waals surface area contributed by atoms with Crippen LogP contribution in [0.1, 0.15) is 13.3 Å². The number of carbonyl (C=O) groups excluding carboxylic acids is 1. The number of aliphatic carboxylic acids is 1. The first-order valence-electron chi connectivity index (χ1n) is 4.74. The zero-order valence-corrected chi connectivity index (χ0v) is 9.82. The van der Waals surface area contributed by atoms with E-state index in [9.17, 15) is 18.0 Å². The van der Waals surface area contributed by atoms with Crippen molar-refractivity contribution in [1.29, 1.82) is 0 Å². The first-order chi connectivity index (χ1) is 7.25. The molecule has 0 aromatic heterocycles. The van der Waals surface area contributed by atoms with E-state index in [2.05, 4.69) is 4.72 Å². The summed E-state index contributed by atoms with van der Waals surface area (Å²) in [6.07, 6.45) is 0.362. The lowest BCUT2D eigenvalue weighted by Gasteiger charge is -2.14. The molecule has 0 radical (unpaired) electrons. The van der Waals surface area contributed by atoms with Crippen LogP contribution in [0.4, 0.5) is 0 Å². The maximum absolute atomic E-state index is 11.5. The molecule has 92 valence electrons. The quantitative estimate of drug-likeness (QED) is 0.639. The number of carboxylic acid groups (broad SMARTS) is 1. The number of nitrogens with zero attached hydrogens (tertiary/aromatic N) is 1. The molecule has 2 unspecified atom stereocenters. The Bertz CT molecular complexity index is 405. The monoisotopic (exact) mass is 250 g/mol. The van der Waals surface area contributed by atoms with E-state index in [0.717, 1.165) is 6.92 Å². The maximum atomic E-state index is 11.5. The van der Waals surface area contributed by atoms with Crippen molar-refractivity contribution in [3.05, 3.63) is 0 Å². The average molecular weight is 250 g/mol. The number of sulfonamides is 1. The van der Waals surface area contributed by atoms with Crippen LogP contribution in [-0.2, 0) is 19.6 Å². The third kappa shape index (κ3) is 2.50. The Morgan fingerprint density at radius 1 is 1.62 bits per heavy atom. The van der Waals surface area contributed by atoms with Gasteiger partial charge in [0.15, 0.2) is 5.25 Å². The fourth-order valence-corrected chi connectivity index (χ4v) is 2.45. The lowest BCUT2D eigenvalue weighted by molar-refractivity contribution is -0.136. The van der Waals surface area contributed by atoms with Gasteiger partial charge in [0.2, 0.25) is 15.9 Å². The van der Waals surface area contributed by atoms with Gasteiger partial charge >= 0.3 is 5.97 Å². The zero-order chi connectivity index (χ0) is 12.5. The second kappa shape index (κ2) is 4.38. The average Bonchev–Trinajstić information content (AvgIpc) is 2.48. The molecule has 1 fully saturated rings. The molecule has 0 aromatic carbocycles. The minimum atomic E-state index is -4.00. The van der Waals surface area contributed by atoms with Crippen LogP contribution in [0.15, 0.2) is 0 Å². The molecule has 8 heteroatoms. The van der Waals surface area contributed by atoms with Gasteiger partial charge in [-0.2, -0.15) is 0 Å². The molecule has 0 bridgehead atoms. The Morgan fingerprint density at radius 2 is 2.19 bits per heavy atom. The lowest BCUT2D eigenvalue weighted by atomic mass is 10.3. The fraction of sp³-hybridized carbons (Fsp3) is 0.750. The molecule has 0 saturated carbocycles. The van der Waals surface area contributed by atoms with Gasteiger partial charge in [-0.3, -0.25) is 9.59 Å². The van der Waals surface area contributed by atoms with E-state index in [1.165, 1.54) is 4.90 Å². The van der Waals surface area contributed by atoms with Crippen molar-refractivity contribution in [2.24, 2.45) is 0 Å². The summed E-state index contributed by atoms with van der Waals surface area (Å²) in [6.45, 7) is 1.53. The van der Waals surface area contributed by atoms with Gasteiger partial charge in [-0.15, -0.1) is 0 Å². The number of likely N-dealkylation sites (tertiary alicyclic amines) is 1. The topological polar surface area (TPSA) is 104 Å². The minimum Gasteiger partial charge on any atom is -0.480 e. The second-order valence-electron chi connectivity index (χ2n) is 3.74. The van der Waals surface area contributed by atoms with Crippen LogP contribution in [0.3, 0.4) is 0 Å². The third-order valence-corrected chi connectivity index (χ3v) is 4.29. The maximum Gasteiger partial charge on any atom is 0.323 e. The Balaban J connectivity index is 2.75. The van der Waals surface area contributed by atoms with E-state index in [1.807, 2.05) is 0 Å². The predicted octanol–water partition coefficient (Wildman–Crippen LogP) is -1.39. The highest BCUT2D eigenvalue weighted by atomic mass is 32.2. The molecule has 0 aliphatic carbocycles. The van der Waals surface area contributed by atoms with Crippen LogP contribution in [0.2, 0.25) is 0 Å². The molecule has 1 aliphatic rings. The molecule has 2 atom stereocenters. The zero-order valence-electron chi connectivity index (χ0n) is 9.00. The molecule has 1 amide bonds. The third-order valence-electron chi connectivity index (χ3n) is 2.55. The van der Waals surface area contributed by atoms with Gasteiger partial charge in [-0.1, -0.05) is 0 Å². The largest absolute Gasteiger partial charge is 0.480 e. The highest BCUT2D eigenvalue weighted by Gasteiger charge is 2.36. The van der Waals surface area contributed by atoms with Crippen molar-refractivity contribution in [3.8, 4) is 0 Å². The van der Waals surface area contributed by atoms with Crippen molar-refractivity contribution in [3.63, 3.8) is 0 Å². The van der Waals surface area contributed by atoms with Crippen LogP contribution < -0.4 is 4.72 Å². The Kier molecular flexibility index (Phi) is 3.54. The summed E-state index contributed by atoms with van der Waals surface area (Å²) in [5, 5.41) is 7.03. The van der Waals surface area contributed by atoms with Crippen LogP contribution in [-0.4, -0.2) is 55.2 Å². The molecule has 1 aliphatic heterocycles. The number of hydrogen-bond donors (Lipinski definition) is 2. The van der Waals surface area contributed by atoms with Gasteiger partial charge in [-0.25, -0.2) is 13.1 Å². The fourth-order valence-electron chi connectivity index (χ4n) is 1.36. The van der Waals surface area contributed by atoms with Gasteiger partial charge in [-0.05, 0) is 13.3 Å². The van der Waals surface area contributed by atoms with Crippen LogP contribution in [0.5, 0.6) is 0 Å². The van der Waals surface area contributed by atoms with E-state index in [0.29, 0.717) is 13.0 Å². The summed E-state index contributed by atoms with van der Waals surface area (Å²) >= 11 is 0. The Labute approximate surface area is 93.5 Å². The highest BCUT2D eigenvalue weighted by Crippen LogP contribution is 2.11. The van der Waals surface area contributed by atoms with Gasteiger partial charge in [0.25, 0.3) is 0 Å². The van der Waals surface area contributed by atoms with Crippen molar-refractivity contribution >= 4 is 21.9 Å². The summed E-state index contributed by atoms with van der Waals surface area (Å²) in [6, 6.07) is -0.836. The molecule has 1 rings (SSSR count). The number of nitrogens with one attached hydrogen (secondary N) is 1. The number of likely N-dealkylation sites (N-methyl/N-ethyl adjacent to an activating group) is 1. The molecule has 0 aromatic rings. The second-order valence-corrected chi connectivity index (χ2v) is 5.78. The predicted molar refractivity (Wildman–Crippen MR) is 55.2 cm³/mol. The molecule has 1 saturated heterocycles. The molecular weight excluding hydrogens is 236 g/mol. The first-order valence-corrected chi connectivity index (χ1v) is 6.29. The van der Waals surface area contributed by atoms with E-state index in [-0.39, 0.29) is 5.91 Å². The van der Waals surface area contributed by atoms with Crippen LogP contribution in [0.25, 0.3) is 0 Å². The van der Waals surface area contributed by atoms with E-state index in [1.54, 1.807) is 7.05 Å². The summed E-state index contributed by atoms with van der Waals surface area (Å²) in [5.74, 6) is -1.77. The Morgan fingerprint density at radius 3 is 2.56 bits per heavy atom. The molecule has 0 spiro atoms. The van der Waals surface area contributed by atoms with Crippen molar-refractivity contribution in [1.82, 2.24) is 9.62 Å². The van der Waals surface area contributed by atoms with E-state index < -0.39 is 27.3 Å². The lowest BCUT2D eigenvalue weighted by Crippen LogP contribution is -2.46. The van der Waals surface area contributed by atoms with Crippen molar-refractivity contribution in [2.75, 3.05) is 13.6 Å². The van der Waals surface area contributed by atoms with E-state index >= 15 is 0 Å². The van der Waals surface area contributed by atoms with Gasteiger partial charge in [0.05, 0.1) is 0 Å². The van der Waals surface area contributed by atoms with Gasteiger partial charge in [0, 0.05) is 13.6 Å². The number of amides is 1. The number of rotatable bonds is 4. The summed E-state index contributed by atoms with van der Waals surface area (Å²) in [7, 11) is -2.43. The van der Waals surface area contributed by atoms with Crippen LogP contribution in [0, 0.1) is 0 Å². The minimum absolute atomic E-state index is 0.332. The smallest absolute Gasteiger partial charge is 0.323 e. The van der Waals surface area contributed by atoms with Crippen molar-refractivity contribution in [2.45, 2.75) is 24.6 Å². The summed E-state index contributed by atoms with van der Waals surface area (Å²) in [5.41, 5.74) is 0. The highest BCUT2D eigenvalue weighted by molar-refractivity contribution is 7.90. The molecule has 7 nitrogen and oxygen atoms in total. The van der Waals surface area contributed by atoms with Gasteiger partial charge < -0.3 is 10.0 Å². The molecular formula is C8H14N2O5S.